The Bertz CT molecular complexity index is 653. The number of hydrogen-bond donors (Lipinski definition) is 0. The molecule has 0 aliphatic carbocycles. The molecule has 0 N–H and O–H groups in total. The first-order chi connectivity index (χ1) is 17.8. The molecule has 0 rings (SSSR count). The van der Waals surface area contributed by atoms with Crippen molar-refractivity contribution in [1.29, 1.82) is 0 Å². The highest BCUT2D eigenvalue weighted by atomic mass is 17.3. The van der Waals surface area contributed by atoms with Crippen LogP contribution < -0.4 is 0 Å². The lowest BCUT2D eigenvalue weighted by Gasteiger charge is -2.32. The monoisotopic (exact) mass is 582 g/mol. The molecule has 0 bridgehead atoms. The highest BCUT2D eigenvalue weighted by Crippen LogP contribution is 2.27. The molecular formula is C28H54O12. The van der Waals surface area contributed by atoms with Gasteiger partial charge in [-0.25, -0.2) is 19.6 Å². The fourth-order valence-electron chi connectivity index (χ4n) is 2.16. The van der Waals surface area contributed by atoms with E-state index in [1.807, 2.05) is 83.1 Å². The van der Waals surface area contributed by atoms with Crippen molar-refractivity contribution in [3.8, 4) is 0 Å². The van der Waals surface area contributed by atoms with Crippen LogP contribution in [0.25, 0.3) is 0 Å². The number of rotatable bonds is 17. The van der Waals surface area contributed by atoms with E-state index in [-0.39, 0.29) is 38.9 Å². The summed E-state index contributed by atoms with van der Waals surface area (Å²) in [7, 11) is 0. The second-order valence-corrected chi connectivity index (χ2v) is 13.8. The first-order valence-corrected chi connectivity index (χ1v) is 13.6. The van der Waals surface area contributed by atoms with Gasteiger partial charge in [-0.2, -0.15) is 19.6 Å². The fraction of sp³-hybridized carbons (Fsp3) is 0.929. The zero-order valence-corrected chi connectivity index (χ0v) is 27.1. The van der Waals surface area contributed by atoms with E-state index in [2.05, 4.69) is 0 Å². The van der Waals surface area contributed by atoms with Crippen molar-refractivity contribution in [2.75, 3.05) is 13.2 Å². The summed E-state index contributed by atoms with van der Waals surface area (Å²) in [5.41, 5.74) is -2.42. The molecule has 0 aliphatic rings. The summed E-state index contributed by atoms with van der Waals surface area (Å²) >= 11 is 0. The second-order valence-electron chi connectivity index (χ2n) is 13.8. The van der Waals surface area contributed by atoms with Gasteiger partial charge < -0.3 is 9.47 Å². The van der Waals surface area contributed by atoms with Gasteiger partial charge in [0.1, 0.15) is 13.2 Å². The van der Waals surface area contributed by atoms with E-state index in [1.165, 1.54) is 0 Å². The van der Waals surface area contributed by atoms with Gasteiger partial charge in [-0.15, -0.1) is 0 Å². The molecule has 0 saturated heterocycles. The first kappa shape index (κ1) is 38.6. The van der Waals surface area contributed by atoms with Crippen LogP contribution in [0.15, 0.2) is 0 Å². The zero-order valence-electron chi connectivity index (χ0n) is 27.1. The molecule has 0 heterocycles. The van der Waals surface area contributed by atoms with Crippen molar-refractivity contribution < 1.29 is 58.2 Å². The lowest BCUT2D eigenvalue weighted by Crippen LogP contribution is -2.39. The predicted octanol–water partition coefficient (Wildman–Crippen LogP) is 6.05. The maximum atomic E-state index is 12.3. The lowest BCUT2D eigenvalue weighted by molar-refractivity contribution is -0.537. The highest BCUT2D eigenvalue weighted by Gasteiger charge is 2.36. The summed E-state index contributed by atoms with van der Waals surface area (Å²) < 4.78 is 10.4. The van der Waals surface area contributed by atoms with Gasteiger partial charge in [0, 0.05) is 12.8 Å². The topological polar surface area (TPSA) is 126 Å². The molecule has 0 aromatic heterocycles. The van der Waals surface area contributed by atoms with Crippen molar-refractivity contribution in [3.63, 3.8) is 0 Å². The molecule has 0 atom stereocenters. The van der Waals surface area contributed by atoms with E-state index in [0.717, 1.165) is 0 Å². The van der Waals surface area contributed by atoms with Crippen LogP contribution in [0.1, 0.15) is 123 Å². The minimum atomic E-state index is -1.36. The Morgan fingerprint density at radius 2 is 0.625 bits per heavy atom. The predicted molar refractivity (Wildman–Crippen MR) is 145 cm³/mol. The van der Waals surface area contributed by atoms with Crippen LogP contribution in [-0.2, 0) is 58.2 Å². The molecule has 238 valence electrons. The zero-order chi connectivity index (χ0) is 31.5. The van der Waals surface area contributed by atoms with Crippen molar-refractivity contribution in [2.24, 2.45) is 0 Å². The quantitative estimate of drug-likeness (QED) is 0.0651. The second kappa shape index (κ2) is 15.7. The molecule has 0 unspecified atom stereocenters. The molecule has 0 amide bonds. The number of carbonyl (C=O) groups is 2. The van der Waals surface area contributed by atoms with Crippen molar-refractivity contribution in [2.45, 2.75) is 157 Å². The van der Waals surface area contributed by atoms with Crippen LogP contribution in [0.4, 0.5) is 0 Å². The van der Waals surface area contributed by atoms with E-state index >= 15 is 0 Å². The third kappa shape index (κ3) is 22.3. The molecule has 40 heavy (non-hydrogen) atoms. The maximum Gasteiger partial charge on any atom is 0.306 e. The Kier molecular flexibility index (Phi) is 15.2. The van der Waals surface area contributed by atoms with Crippen LogP contribution in [0.2, 0.25) is 0 Å². The van der Waals surface area contributed by atoms with Crippen molar-refractivity contribution in [3.05, 3.63) is 0 Å². The van der Waals surface area contributed by atoms with Crippen molar-refractivity contribution in [1.82, 2.24) is 0 Å². The fourth-order valence-corrected chi connectivity index (χ4v) is 2.16. The molecule has 0 aromatic rings. The minimum absolute atomic E-state index is 0.0555. The summed E-state index contributed by atoms with van der Waals surface area (Å²) in [6, 6.07) is 0. The molecule has 0 aromatic carbocycles. The molecule has 0 fully saturated rings. The number of hydrogen-bond acceptors (Lipinski definition) is 12. The van der Waals surface area contributed by atoms with Gasteiger partial charge in [-0.05, 0) is 96.9 Å². The number of carbonyl (C=O) groups excluding carboxylic acids is 2. The number of esters is 2. The molecular weight excluding hydrogens is 528 g/mol. The summed E-state index contributed by atoms with van der Waals surface area (Å²) in [5, 5.41) is 0. The molecule has 12 nitrogen and oxygen atoms in total. The Balaban J connectivity index is 4.67. The average molecular weight is 583 g/mol. The van der Waals surface area contributed by atoms with Crippen LogP contribution in [0.3, 0.4) is 0 Å². The lowest BCUT2D eigenvalue weighted by atomic mass is 10.1. The third-order valence-electron chi connectivity index (χ3n) is 4.05. The van der Waals surface area contributed by atoms with Crippen molar-refractivity contribution >= 4 is 11.9 Å². The highest BCUT2D eigenvalue weighted by molar-refractivity contribution is 5.70. The SMILES string of the molecule is CC(C)(C)OOC(C)(CCC(=O)OCCOC(=O)CCC(C)(OOC(C)(C)C)OOC(C)(C)C)OOC(C)(C)C. The Morgan fingerprint density at radius 3 is 0.825 bits per heavy atom. The third-order valence-corrected chi connectivity index (χ3v) is 4.05. The van der Waals surface area contributed by atoms with E-state index < -0.39 is 45.9 Å². The molecule has 0 aliphatic heterocycles. The number of ether oxygens (including phenoxy) is 2. The Morgan fingerprint density at radius 1 is 0.400 bits per heavy atom. The average Bonchev–Trinajstić information content (AvgIpc) is 2.78. The Hall–Kier alpha value is -1.38. The van der Waals surface area contributed by atoms with Crippen LogP contribution in [-0.4, -0.2) is 59.1 Å². The summed E-state index contributed by atoms with van der Waals surface area (Å²) in [6.07, 6.45) is 0.0628. The standard InChI is InChI=1S/C28H54O12/c1-23(2,3)33-37-27(13,38-34-24(4,5)6)17-15-21(29)31-19-20-32-22(30)16-18-28(14,39-35-25(7,8)9)40-36-26(10,11)12/h15-20H2,1-14H3. The van der Waals surface area contributed by atoms with Gasteiger partial charge in [0.05, 0.1) is 35.2 Å². The van der Waals surface area contributed by atoms with Gasteiger partial charge in [0.25, 0.3) is 0 Å². The molecule has 0 radical (unpaired) electrons. The smallest absolute Gasteiger partial charge is 0.306 e. The van der Waals surface area contributed by atoms with E-state index in [1.54, 1.807) is 13.8 Å². The summed E-state index contributed by atoms with van der Waals surface area (Å²) in [5.74, 6) is -3.80. The summed E-state index contributed by atoms with van der Waals surface area (Å²) in [4.78, 5) is 67.9. The van der Waals surface area contributed by atoms with Gasteiger partial charge in [0.15, 0.2) is 0 Å². The normalized spacial score (nSPS) is 13.8. The molecule has 12 heteroatoms. The minimum Gasteiger partial charge on any atom is -0.462 e. The maximum absolute atomic E-state index is 12.3. The Labute approximate surface area is 240 Å². The van der Waals surface area contributed by atoms with Gasteiger partial charge >= 0.3 is 11.9 Å². The van der Waals surface area contributed by atoms with Gasteiger partial charge in [-0.3, -0.25) is 9.59 Å². The van der Waals surface area contributed by atoms with Gasteiger partial charge in [0.2, 0.25) is 11.6 Å². The van der Waals surface area contributed by atoms with Crippen LogP contribution >= 0.6 is 0 Å². The van der Waals surface area contributed by atoms with Gasteiger partial charge in [-0.1, -0.05) is 0 Å². The molecule has 0 spiro atoms. The van der Waals surface area contributed by atoms with Crippen LogP contribution in [0, 0.1) is 0 Å². The largest absolute Gasteiger partial charge is 0.462 e. The summed E-state index contributed by atoms with van der Waals surface area (Å²) in [6.45, 7) is 24.7. The first-order valence-electron chi connectivity index (χ1n) is 13.6. The van der Waals surface area contributed by atoms with Crippen LogP contribution in [0.5, 0.6) is 0 Å². The molecule has 0 saturated carbocycles. The van der Waals surface area contributed by atoms with E-state index in [0.29, 0.717) is 0 Å². The van der Waals surface area contributed by atoms with E-state index in [4.69, 9.17) is 48.6 Å². The van der Waals surface area contributed by atoms with E-state index in [9.17, 15) is 9.59 Å².